The van der Waals surface area contributed by atoms with E-state index in [1.807, 2.05) is 26.1 Å². The van der Waals surface area contributed by atoms with Crippen LogP contribution in [0.1, 0.15) is 55.1 Å². The number of fused-ring (bicyclic) bond motifs is 1. The number of nitrogens with zero attached hydrogens (tertiary/aromatic N) is 4. The van der Waals surface area contributed by atoms with E-state index in [9.17, 15) is 19.7 Å². The SMILES string of the molecule is Cc1nc(N[C@H](C)c2ccc(F)cc2)nc(N[C@@H]2C[C@H](CO)[C@@H](O)[C@H]2O)c1-c1nc2c(C3CC3)nccc2s1. The predicted molar refractivity (Wildman–Crippen MR) is 148 cm³/mol. The maximum absolute atomic E-state index is 13.4. The second-order valence-corrected chi connectivity index (χ2v) is 11.6. The van der Waals surface area contributed by atoms with E-state index >= 15 is 0 Å². The smallest absolute Gasteiger partial charge is 0.225 e. The molecule has 2 saturated carbocycles. The highest BCUT2D eigenvalue weighted by Crippen LogP contribution is 2.44. The van der Waals surface area contributed by atoms with Gasteiger partial charge in [0.05, 0.1) is 39.8 Å². The number of hydrogen-bond acceptors (Lipinski definition) is 10. The quantitative estimate of drug-likeness (QED) is 0.219. The molecule has 2 aliphatic carbocycles. The van der Waals surface area contributed by atoms with Crippen molar-refractivity contribution in [1.82, 2.24) is 19.9 Å². The van der Waals surface area contributed by atoms with Crippen LogP contribution in [0, 0.1) is 18.7 Å². The Kier molecular flexibility index (Phi) is 6.92. The van der Waals surface area contributed by atoms with E-state index in [0.717, 1.165) is 39.3 Å². The van der Waals surface area contributed by atoms with Crippen LogP contribution in [-0.4, -0.2) is 60.1 Å². The third kappa shape index (κ3) is 5.07. The van der Waals surface area contributed by atoms with Crippen molar-refractivity contribution in [2.75, 3.05) is 17.2 Å². The van der Waals surface area contributed by atoms with Crippen LogP contribution in [-0.2, 0) is 0 Å². The molecule has 0 amide bonds. The second-order valence-electron chi connectivity index (χ2n) is 10.5. The largest absolute Gasteiger partial charge is 0.396 e. The number of pyridine rings is 1. The fraction of sp³-hybridized carbons (Fsp3) is 0.429. The van der Waals surface area contributed by atoms with Gasteiger partial charge >= 0.3 is 0 Å². The molecule has 0 unspecified atom stereocenters. The number of halogens is 1. The van der Waals surface area contributed by atoms with Gasteiger partial charge in [0.25, 0.3) is 0 Å². The van der Waals surface area contributed by atoms with Crippen LogP contribution in [0.15, 0.2) is 36.5 Å². The molecule has 1 aromatic carbocycles. The van der Waals surface area contributed by atoms with Gasteiger partial charge in [-0.05, 0) is 56.9 Å². The average Bonchev–Trinajstić information content (AvgIpc) is 3.62. The number of thiazole rings is 1. The van der Waals surface area contributed by atoms with E-state index in [1.165, 1.54) is 12.1 Å². The van der Waals surface area contributed by atoms with Crippen LogP contribution in [0.4, 0.5) is 16.2 Å². The summed E-state index contributed by atoms with van der Waals surface area (Å²) in [5, 5.41) is 38.2. The standard InChI is InChI=1S/C28H31FN6O3S/c1-13(15-5-7-18(29)8-6-15)31-28-32-14(2)21(26(35-28)33-19-11-17(12-36)24(37)25(19)38)27-34-23-20(39-27)9-10-30-22(23)16-3-4-16/h5-10,13,16-17,19,24-25,36-38H,3-4,11-12H2,1-2H3,(H2,31,32,33,35)/t13-,17-,19-,24-,25+/m1/s1. The first kappa shape index (κ1) is 26.0. The molecular weight excluding hydrogens is 519 g/mol. The van der Waals surface area contributed by atoms with E-state index in [-0.39, 0.29) is 18.5 Å². The average molecular weight is 551 g/mol. The molecule has 4 aromatic rings. The highest BCUT2D eigenvalue weighted by molar-refractivity contribution is 7.21. The van der Waals surface area contributed by atoms with Gasteiger partial charge < -0.3 is 26.0 Å². The second kappa shape index (κ2) is 10.4. The van der Waals surface area contributed by atoms with Crippen molar-refractivity contribution < 1.29 is 19.7 Å². The van der Waals surface area contributed by atoms with Crippen LogP contribution < -0.4 is 10.6 Å². The molecule has 6 rings (SSSR count). The highest BCUT2D eigenvalue weighted by atomic mass is 32.1. The third-order valence-corrected chi connectivity index (χ3v) is 8.72. The molecule has 2 aliphatic rings. The Morgan fingerprint density at radius 3 is 2.54 bits per heavy atom. The maximum Gasteiger partial charge on any atom is 0.225 e. The fourth-order valence-corrected chi connectivity index (χ4v) is 6.36. The lowest BCUT2D eigenvalue weighted by Gasteiger charge is -2.22. The van der Waals surface area contributed by atoms with Crippen LogP contribution in [0.3, 0.4) is 0 Å². The molecule has 5 atom stereocenters. The first-order chi connectivity index (χ1) is 18.8. The number of anilines is 2. The third-order valence-electron chi connectivity index (χ3n) is 7.68. The van der Waals surface area contributed by atoms with Gasteiger partial charge in [-0.25, -0.2) is 14.4 Å². The van der Waals surface area contributed by atoms with E-state index in [4.69, 9.17) is 15.0 Å². The molecule has 0 bridgehead atoms. The summed E-state index contributed by atoms with van der Waals surface area (Å²) in [7, 11) is 0. The van der Waals surface area contributed by atoms with E-state index < -0.39 is 24.2 Å². The summed E-state index contributed by atoms with van der Waals surface area (Å²) in [6.07, 6.45) is 2.34. The van der Waals surface area contributed by atoms with Crippen LogP contribution in [0.5, 0.6) is 0 Å². The minimum Gasteiger partial charge on any atom is -0.396 e. The lowest BCUT2D eigenvalue weighted by atomic mass is 10.1. The zero-order valence-electron chi connectivity index (χ0n) is 21.7. The number of nitrogens with one attached hydrogen (secondary N) is 2. The molecule has 0 spiro atoms. The molecule has 3 heterocycles. The summed E-state index contributed by atoms with van der Waals surface area (Å²) < 4.78 is 14.5. The zero-order valence-corrected chi connectivity index (χ0v) is 22.5. The maximum atomic E-state index is 13.4. The van der Waals surface area contributed by atoms with Crippen molar-refractivity contribution in [2.24, 2.45) is 5.92 Å². The summed E-state index contributed by atoms with van der Waals surface area (Å²) >= 11 is 1.54. The molecule has 3 aromatic heterocycles. The number of benzene rings is 1. The summed E-state index contributed by atoms with van der Waals surface area (Å²) in [6, 6.07) is 7.50. The molecule has 2 fully saturated rings. The van der Waals surface area contributed by atoms with Gasteiger partial charge in [-0.2, -0.15) is 4.98 Å². The van der Waals surface area contributed by atoms with Crippen molar-refractivity contribution in [3.63, 3.8) is 0 Å². The summed E-state index contributed by atoms with van der Waals surface area (Å²) in [4.78, 5) is 19.1. The molecule has 0 radical (unpaired) electrons. The summed E-state index contributed by atoms with van der Waals surface area (Å²) in [5.74, 6) is 0.552. The minimum absolute atomic E-state index is 0.198. The lowest BCUT2D eigenvalue weighted by molar-refractivity contribution is 0.00446. The lowest BCUT2D eigenvalue weighted by Crippen LogP contribution is -2.35. The Labute approximate surface area is 229 Å². The van der Waals surface area contributed by atoms with Crippen LogP contribution in [0.25, 0.3) is 20.8 Å². The Bertz CT molecular complexity index is 1490. The van der Waals surface area contributed by atoms with E-state index in [0.29, 0.717) is 35.4 Å². The first-order valence-electron chi connectivity index (χ1n) is 13.2. The van der Waals surface area contributed by atoms with Gasteiger partial charge in [-0.1, -0.05) is 12.1 Å². The van der Waals surface area contributed by atoms with Gasteiger partial charge in [0, 0.05) is 24.6 Å². The molecule has 5 N–H and O–H groups in total. The molecule has 9 nitrogen and oxygen atoms in total. The fourth-order valence-electron chi connectivity index (χ4n) is 5.29. The molecule has 0 aliphatic heterocycles. The number of aliphatic hydroxyl groups is 3. The van der Waals surface area contributed by atoms with Crippen molar-refractivity contribution >= 4 is 33.3 Å². The van der Waals surface area contributed by atoms with Gasteiger partial charge in [-0.3, -0.25) is 4.98 Å². The van der Waals surface area contributed by atoms with E-state index in [1.54, 1.807) is 23.5 Å². The summed E-state index contributed by atoms with van der Waals surface area (Å²) in [5.41, 5.74) is 4.20. The van der Waals surface area contributed by atoms with Gasteiger partial charge in [0.15, 0.2) is 0 Å². The highest BCUT2D eigenvalue weighted by Gasteiger charge is 2.41. The monoisotopic (exact) mass is 550 g/mol. The minimum atomic E-state index is -1.07. The molecular formula is C28H31FN6O3S. The van der Waals surface area contributed by atoms with Gasteiger partial charge in [0.2, 0.25) is 5.95 Å². The Balaban J connectivity index is 1.39. The van der Waals surface area contributed by atoms with Crippen LogP contribution in [0.2, 0.25) is 0 Å². The van der Waals surface area contributed by atoms with Crippen molar-refractivity contribution in [2.45, 2.75) is 63.3 Å². The van der Waals surface area contributed by atoms with Crippen molar-refractivity contribution in [1.29, 1.82) is 0 Å². The normalized spacial score (nSPS) is 23.7. The molecule has 11 heteroatoms. The van der Waals surface area contributed by atoms with E-state index in [2.05, 4.69) is 15.6 Å². The number of aliphatic hydroxyl groups excluding tert-OH is 3. The molecule has 39 heavy (non-hydrogen) atoms. The summed E-state index contributed by atoms with van der Waals surface area (Å²) in [6.45, 7) is 3.61. The van der Waals surface area contributed by atoms with Crippen molar-refractivity contribution in [3.05, 3.63) is 59.3 Å². The number of aromatic nitrogens is 4. The predicted octanol–water partition coefficient (Wildman–Crippen LogP) is 4.16. The Hall–Kier alpha value is -3.25. The molecule has 204 valence electrons. The first-order valence-corrected chi connectivity index (χ1v) is 14.0. The zero-order chi connectivity index (χ0) is 27.3. The van der Waals surface area contributed by atoms with Gasteiger partial charge in [0.1, 0.15) is 28.3 Å². The topological polar surface area (TPSA) is 136 Å². The van der Waals surface area contributed by atoms with Gasteiger partial charge in [-0.15, -0.1) is 11.3 Å². The number of aryl methyl sites for hydroxylation is 1. The van der Waals surface area contributed by atoms with Crippen LogP contribution >= 0.6 is 11.3 Å². The number of rotatable bonds is 8. The Morgan fingerprint density at radius 2 is 1.85 bits per heavy atom. The number of hydrogen-bond donors (Lipinski definition) is 5. The Morgan fingerprint density at radius 1 is 1.08 bits per heavy atom. The van der Waals surface area contributed by atoms with Crippen molar-refractivity contribution in [3.8, 4) is 10.6 Å². The molecule has 0 saturated heterocycles.